The molecule has 0 fully saturated rings. The maximum absolute atomic E-state index is 13.3. The van der Waals surface area contributed by atoms with Gasteiger partial charge in [-0.15, -0.1) is 0 Å². The van der Waals surface area contributed by atoms with Crippen LogP contribution in [0.5, 0.6) is 0 Å². The lowest BCUT2D eigenvalue weighted by molar-refractivity contribution is -0.135. The predicted octanol–water partition coefficient (Wildman–Crippen LogP) is 4.31. The van der Waals surface area contributed by atoms with Gasteiger partial charge in [-0.2, -0.15) is 0 Å². The molecule has 0 aromatic heterocycles. The summed E-state index contributed by atoms with van der Waals surface area (Å²) in [6.45, 7) is 2.12. The van der Waals surface area contributed by atoms with Crippen LogP contribution >= 0.6 is 23.2 Å². The van der Waals surface area contributed by atoms with Gasteiger partial charge in [-0.05, 0) is 35.7 Å². The molecule has 0 saturated heterocycles. The summed E-state index contributed by atoms with van der Waals surface area (Å²) >= 11 is 12.0. The fourth-order valence-electron chi connectivity index (χ4n) is 3.12. The highest BCUT2D eigenvalue weighted by Crippen LogP contribution is 2.35. The average molecular weight is 368 g/mol. The zero-order valence-corrected chi connectivity index (χ0v) is 14.5. The second kappa shape index (κ2) is 6.71. The zero-order chi connectivity index (χ0) is 17.4. The number of aliphatic hydroxyl groups excluding tert-OH is 1. The smallest absolute Gasteiger partial charge is 0.227 e. The lowest BCUT2D eigenvalue weighted by atomic mass is 9.91. The minimum atomic E-state index is -0.736. The van der Waals surface area contributed by atoms with E-state index >= 15 is 0 Å². The van der Waals surface area contributed by atoms with Crippen LogP contribution in [0.25, 0.3) is 0 Å². The van der Waals surface area contributed by atoms with Crippen LogP contribution in [0.2, 0.25) is 10.0 Å². The number of benzene rings is 2. The second-order valence-corrected chi connectivity index (χ2v) is 6.71. The first-order chi connectivity index (χ1) is 11.4. The van der Waals surface area contributed by atoms with Gasteiger partial charge in [0.25, 0.3) is 0 Å². The molecule has 0 bridgehead atoms. The lowest BCUT2D eigenvalue weighted by Crippen LogP contribution is -2.41. The quantitative estimate of drug-likeness (QED) is 0.858. The standard InChI is InChI=1S/C18H16Cl2FNO2/c1-10-12-4-2-3-5-13(12)17(23)9-22(10)18(24)8-14-15(19)6-11(21)7-16(14)20/h2-7,10,17,23H,8-9H2,1H3/t10-,17-/m0/s1. The third kappa shape index (κ3) is 3.14. The van der Waals surface area contributed by atoms with Crippen LogP contribution in [-0.4, -0.2) is 22.5 Å². The Labute approximate surface area is 149 Å². The monoisotopic (exact) mass is 367 g/mol. The topological polar surface area (TPSA) is 40.5 Å². The van der Waals surface area contributed by atoms with Crippen LogP contribution in [-0.2, 0) is 11.2 Å². The summed E-state index contributed by atoms with van der Waals surface area (Å²) in [5.41, 5.74) is 2.15. The van der Waals surface area contributed by atoms with E-state index in [9.17, 15) is 14.3 Å². The summed E-state index contributed by atoms with van der Waals surface area (Å²) in [4.78, 5) is 14.3. The molecule has 3 rings (SSSR count). The molecule has 1 amide bonds. The number of amides is 1. The minimum Gasteiger partial charge on any atom is -0.387 e. The molecule has 2 aromatic rings. The molecule has 0 saturated carbocycles. The Balaban J connectivity index is 1.87. The summed E-state index contributed by atoms with van der Waals surface area (Å²) in [6, 6.07) is 9.62. The fraction of sp³-hybridized carbons (Fsp3) is 0.278. The number of fused-ring (bicyclic) bond motifs is 1. The largest absolute Gasteiger partial charge is 0.387 e. The van der Waals surface area contributed by atoms with E-state index in [4.69, 9.17) is 23.2 Å². The third-order valence-electron chi connectivity index (χ3n) is 4.40. The van der Waals surface area contributed by atoms with Gasteiger partial charge in [0.1, 0.15) is 5.82 Å². The van der Waals surface area contributed by atoms with Gasteiger partial charge in [-0.1, -0.05) is 47.5 Å². The van der Waals surface area contributed by atoms with Crippen LogP contribution in [0.15, 0.2) is 36.4 Å². The molecular weight excluding hydrogens is 352 g/mol. The molecule has 1 N–H and O–H groups in total. The number of rotatable bonds is 2. The van der Waals surface area contributed by atoms with Crippen molar-refractivity contribution in [2.24, 2.45) is 0 Å². The Morgan fingerprint density at radius 2 is 1.83 bits per heavy atom. The van der Waals surface area contributed by atoms with E-state index in [0.717, 1.165) is 23.3 Å². The summed E-state index contributed by atoms with van der Waals surface area (Å²) in [5, 5.41) is 10.6. The van der Waals surface area contributed by atoms with Crippen molar-refractivity contribution in [3.63, 3.8) is 0 Å². The summed E-state index contributed by atoms with van der Waals surface area (Å²) < 4.78 is 13.3. The van der Waals surface area contributed by atoms with Gasteiger partial charge in [0.2, 0.25) is 5.91 Å². The van der Waals surface area contributed by atoms with Crippen molar-refractivity contribution in [1.29, 1.82) is 0 Å². The molecular formula is C18H16Cl2FNO2. The maximum Gasteiger partial charge on any atom is 0.227 e. The highest BCUT2D eigenvalue weighted by Gasteiger charge is 2.32. The molecule has 1 aliphatic rings. The van der Waals surface area contributed by atoms with E-state index in [1.54, 1.807) is 4.90 Å². The van der Waals surface area contributed by atoms with Gasteiger partial charge < -0.3 is 10.0 Å². The molecule has 6 heteroatoms. The third-order valence-corrected chi connectivity index (χ3v) is 5.07. The molecule has 1 aliphatic heterocycles. The maximum atomic E-state index is 13.3. The number of carbonyl (C=O) groups excluding carboxylic acids is 1. The summed E-state index contributed by atoms with van der Waals surface area (Å²) in [6.07, 6.45) is -0.780. The van der Waals surface area contributed by atoms with Gasteiger partial charge >= 0.3 is 0 Å². The molecule has 2 aromatic carbocycles. The highest BCUT2D eigenvalue weighted by atomic mass is 35.5. The Morgan fingerprint density at radius 1 is 1.25 bits per heavy atom. The normalized spacial score (nSPS) is 20.0. The Morgan fingerprint density at radius 3 is 2.46 bits per heavy atom. The van der Waals surface area contributed by atoms with Crippen molar-refractivity contribution in [2.75, 3.05) is 6.54 Å². The van der Waals surface area contributed by atoms with Gasteiger partial charge in [0.05, 0.1) is 25.1 Å². The molecule has 1 heterocycles. The number of nitrogens with zero attached hydrogens (tertiary/aromatic N) is 1. The molecule has 0 aliphatic carbocycles. The van der Waals surface area contributed by atoms with Crippen LogP contribution in [0, 0.1) is 5.82 Å². The first-order valence-electron chi connectivity index (χ1n) is 7.58. The molecule has 2 atom stereocenters. The van der Waals surface area contributed by atoms with Crippen LogP contribution in [0.1, 0.15) is 35.8 Å². The van der Waals surface area contributed by atoms with E-state index < -0.39 is 11.9 Å². The molecule has 0 spiro atoms. The predicted molar refractivity (Wildman–Crippen MR) is 91.7 cm³/mol. The summed E-state index contributed by atoms with van der Waals surface area (Å²) in [7, 11) is 0. The van der Waals surface area contributed by atoms with Crippen molar-refractivity contribution in [2.45, 2.75) is 25.5 Å². The van der Waals surface area contributed by atoms with Crippen molar-refractivity contribution in [1.82, 2.24) is 4.90 Å². The highest BCUT2D eigenvalue weighted by molar-refractivity contribution is 6.36. The average Bonchev–Trinajstić information content (AvgIpc) is 2.54. The molecule has 0 radical (unpaired) electrons. The van der Waals surface area contributed by atoms with Crippen LogP contribution in [0.3, 0.4) is 0 Å². The van der Waals surface area contributed by atoms with Gasteiger partial charge in [-0.3, -0.25) is 4.79 Å². The lowest BCUT2D eigenvalue weighted by Gasteiger charge is -2.38. The van der Waals surface area contributed by atoms with Crippen molar-refractivity contribution in [3.8, 4) is 0 Å². The fourth-order valence-corrected chi connectivity index (χ4v) is 3.71. The zero-order valence-electron chi connectivity index (χ0n) is 13.0. The van der Waals surface area contributed by atoms with Crippen molar-refractivity contribution < 1.29 is 14.3 Å². The number of carbonyl (C=O) groups is 1. The second-order valence-electron chi connectivity index (χ2n) is 5.89. The van der Waals surface area contributed by atoms with Crippen LogP contribution in [0.4, 0.5) is 4.39 Å². The molecule has 3 nitrogen and oxygen atoms in total. The van der Waals surface area contributed by atoms with Crippen molar-refractivity contribution in [3.05, 3.63) is 69.0 Å². The first-order valence-corrected chi connectivity index (χ1v) is 8.34. The SMILES string of the molecule is C[C@H]1c2ccccc2[C@@H](O)CN1C(=O)Cc1c(Cl)cc(F)cc1Cl. The number of hydrogen-bond acceptors (Lipinski definition) is 2. The number of β-amino-alcohol motifs (C(OH)–C–C–N with tert-alkyl or cyclic N) is 1. The van der Waals surface area contributed by atoms with E-state index in [2.05, 4.69) is 0 Å². The molecule has 0 unspecified atom stereocenters. The van der Waals surface area contributed by atoms with Crippen LogP contribution < -0.4 is 0 Å². The van der Waals surface area contributed by atoms with E-state index in [1.165, 1.54) is 0 Å². The number of halogens is 3. The van der Waals surface area contributed by atoms with E-state index in [-0.39, 0.29) is 35.0 Å². The summed E-state index contributed by atoms with van der Waals surface area (Å²) in [5.74, 6) is -0.761. The van der Waals surface area contributed by atoms with Gasteiger partial charge in [0, 0.05) is 10.0 Å². The first kappa shape index (κ1) is 17.2. The minimum absolute atomic E-state index is 0.0445. The number of aliphatic hydroxyl groups is 1. The molecule has 24 heavy (non-hydrogen) atoms. The van der Waals surface area contributed by atoms with Gasteiger partial charge in [-0.25, -0.2) is 4.39 Å². The molecule has 126 valence electrons. The van der Waals surface area contributed by atoms with E-state index in [1.807, 2.05) is 31.2 Å². The van der Waals surface area contributed by atoms with Gasteiger partial charge in [0.15, 0.2) is 0 Å². The Kier molecular flexibility index (Phi) is 4.81. The Hall–Kier alpha value is -1.62. The number of hydrogen-bond donors (Lipinski definition) is 1. The van der Waals surface area contributed by atoms with Crippen molar-refractivity contribution >= 4 is 29.1 Å². The Bertz CT molecular complexity index is 773. The van der Waals surface area contributed by atoms with E-state index in [0.29, 0.717) is 5.56 Å².